The first-order valence-electron chi connectivity index (χ1n) is 8.87. The molecule has 1 aliphatic rings. The molecule has 1 unspecified atom stereocenters. The minimum atomic E-state index is -4.03. The smallest absolute Gasteiger partial charge is 0.246 e. The molecule has 1 fully saturated rings. The molecule has 1 aliphatic heterocycles. The molecule has 0 radical (unpaired) electrons. The maximum absolute atomic E-state index is 13.4. The zero-order valence-corrected chi connectivity index (χ0v) is 17.5. The minimum Gasteiger partial charge on any atom is -0.497 e. The molecule has 28 heavy (non-hydrogen) atoms. The van der Waals surface area contributed by atoms with Crippen LogP contribution < -0.4 is 10.2 Å². The summed E-state index contributed by atoms with van der Waals surface area (Å²) in [7, 11) is -2.55. The summed E-state index contributed by atoms with van der Waals surface area (Å²) in [5.41, 5.74) is 0.543. The van der Waals surface area contributed by atoms with E-state index < -0.39 is 27.5 Å². The average molecular weight is 413 g/mol. The van der Waals surface area contributed by atoms with Crippen LogP contribution in [0.3, 0.4) is 0 Å². The predicted octanol–water partition coefficient (Wildman–Crippen LogP) is 1.18. The maximum Gasteiger partial charge on any atom is 0.246 e. The summed E-state index contributed by atoms with van der Waals surface area (Å²) in [5.74, 6) is -0.523. The zero-order valence-electron chi connectivity index (χ0n) is 16.7. The second-order valence-corrected chi connectivity index (χ2v) is 9.53. The van der Waals surface area contributed by atoms with Gasteiger partial charge in [0, 0.05) is 12.6 Å². The van der Waals surface area contributed by atoms with Crippen LogP contribution in [-0.4, -0.2) is 60.5 Å². The molecule has 10 heteroatoms. The molecule has 156 valence electrons. The summed E-state index contributed by atoms with van der Waals surface area (Å²) in [4.78, 5) is 26.2. The maximum atomic E-state index is 13.4. The molecule has 1 atom stereocenters. The van der Waals surface area contributed by atoms with E-state index in [2.05, 4.69) is 0 Å². The monoisotopic (exact) mass is 413 g/mol. The number of nitrogens with one attached hydrogen (secondary N) is 1. The molecule has 1 aromatic rings. The number of nitrogens with zero attached hydrogens (tertiary/aromatic N) is 2. The third-order valence-corrected chi connectivity index (χ3v) is 6.59. The Hall–Kier alpha value is -2.17. The van der Waals surface area contributed by atoms with E-state index >= 15 is 0 Å². The number of carbonyl (C=O) groups excluding carboxylic acids is 2. The topological polar surface area (TPSA) is 116 Å². The van der Waals surface area contributed by atoms with Gasteiger partial charge in [0.2, 0.25) is 21.8 Å². The number of hydrogen-bond donors (Lipinski definition) is 2. The molecule has 0 spiro atoms. The molecule has 0 aromatic heterocycles. The third kappa shape index (κ3) is 4.13. The van der Waals surface area contributed by atoms with Crippen molar-refractivity contribution in [3.05, 3.63) is 24.3 Å². The molecule has 1 aromatic carbocycles. The van der Waals surface area contributed by atoms with Crippen molar-refractivity contribution >= 4 is 21.8 Å². The van der Waals surface area contributed by atoms with Gasteiger partial charge in [0.05, 0.1) is 23.8 Å². The fraction of sp³-hybridized carbons (Fsp3) is 0.556. The molecule has 2 amide bonds. The van der Waals surface area contributed by atoms with E-state index in [0.29, 0.717) is 5.75 Å². The van der Waals surface area contributed by atoms with Crippen molar-refractivity contribution < 1.29 is 28.0 Å². The number of methoxy groups -OCH3 is 1. The van der Waals surface area contributed by atoms with E-state index in [9.17, 15) is 18.0 Å². The van der Waals surface area contributed by atoms with Gasteiger partial charge < -0.3 is 9.64 Å². The van der Waals surface area contributed by atoms with Gasteiger partial charge in [-0.05, 0) is 52.0 Å². The van der Waals surface area contributed by atoms with Crippen molar-refractivity contribution in [2.24, 2.45) is 5.41 Å². The molecular formula is C18H27N3O6S. The lowest BCUT2D eigenvalue weighted by Gasteiger charge is -2.50. The van der Waals surface area contributed by atoms with Crippen molar-refractivity contribution in [3.63, 3.8) is 0 Å². The Morgan fingerprint density at radius 2 is 1.89 bits per heavy atom. The first-order chi connectivity index (χ1) is 13.0. The van der Waals surface area contributed by atoms with Crippen LogP contribution in [0, 0.1) is 5.41 Å². The van der Waals surface area contributed by atoms with Gasteiger partial charge in [-0.2, -0.15) is 4.31 Å². The Morgan fingerprint density at radius 1 is 1.32 bits per heavy atom. The number of ether oxygens (including phenoxy) is 1. The van der Waals surface area contributed by atoms with Gasteiger partial charge >= 0.3 is 0 Å². The lowest BCUT2D eigenvalue weighted by Crippen LogP contribution is -2.66. The van der Waals surface area contributed by atoms with E-state index in [0.717, 1.165) is 4.31 Å². The number of hydrogen-bond acceptors (Lipinski definition) is 6. The predicted molar refractivity (Wildman–Crippen MR) is 101 cm³/mol. The molecule has 2 rings (SSSR count). The van der Waals surface area contributed by atoms with Crippen molar-refractivity contribution in [3.8, 4) is 5.75 Å². The first kappa shape index (κ1) is 22.1. The van der Waals surface area contributed by atoms with E-state index in [1.807, 2.05) is 0 Å². The van der Waals surface area contributed by atoms with Crippen LogP contribution in [-0.2, 0) is 19.6 Å². The normalized spacial score (nSPS) is 20.3. The van der Waals surface area contributed by atoms with Crippen LogP contribution in [0.5, 0.6) is 5.75 Å². The Bertz CT molecular complexity index is 835. The minimum absolute atomic E-state index is 0.0246. The number of sulfonamides is 1. The summed E-state index contributed by atoms with van der Waals surface area (Å²) in [5, 5.41) is 8.94. The molecule has 0 aliphatic carbocycles. The largest absolute Gasteiger partial charge is 0.497 e. The quantitative estimate of drug-likeness (QED) is 0.534. The second kappa shape index (κ2) is 8.06. The Balaban J connectivity index is 2.57. The number of hydroxylamine groups is 1. The van der Waals surface area contributed by atoms with Crippen LogP contribution in [0.4, 0.5) is 0 Å². The van der Waals surface area contributed by atoms with Gasteiger partial charge in [-0.15, -0.1) is 0 Å². The van der Waals surface area contributed by atoms with Crippen molar-refractivity contribution in [2.45, 2.75) is 51.2 Å². The lowest BCUT2D eigenvalue weighted by molar-refractivity contribution is -0.158. The van der Waals surface area contributed by atoms with Crippen LogP contribution in [0.15, 0.2) is 29.2 Å². The summed E-state index contributed by atoms with van der Waals surface area (Å²) < 4.78 is 33.0. The summed E-state index contributed by atoms with van der Waals surface area (Å²) >= 11 is 0. The molecule has 1 heterocycles. The summed E-state index contributed by atoms with van der Waals surface area (Å²) in [6.45, 7) is 6.75. The highest BCUT2D eigenvalue weighted by molar-refractivity contribution is 7.89. The fourth-order valence-electron chi connectivity index (χ4n) is 3.30. The standard InChI is InChI=1S/C18H27N3O6S/c1-12(2)21-16(10-15(22)19-24)20(11-18(3,4)17(21)23)28(25,26)14-8-6-13(27-5)7-9-14/h6-9,12,16,24H,10-11H2,1-5H3,(H,19,22). The average Bonchev–Trinajstić information content (AvgIpc) is 2.64. The second-order valence-electron chi connectivity index (χ2n) is 7.64. The Morgan fingerprint density at radius 3 is 2.36 bits per heavy atom. The van der Waals surface area contributed by atoms with Gasteiger partial charge in [0.15, 0.2) is 0 Å². The fourth-order valence-corrected chi connectivity index (χ4v) is 5.04. The van der Waals surface area contributed by atoms with Gasteiger partial charge in [-0.25, -0.2) is 13.9 Å². The number of rotatable bonds is 6. The van der Waals surface area contributed by atoms with E-state index in [1.54, 1.807) is 27.7 Å². The number of carbonyl (C=O) groups is 2. The first-order valence-corrected chi connectivity index (χ1v) is 10.3. The van der Waals surface area contributed by atoms with Crippen LogP contribution in [0.2, 0.25) is 0 Å². The van der Waals surface area contributed by atoms with E-state index in [-0.39, 0.29) is 29.8 Å². The summed E-state index contributed by atoms with van der Waals surface area (Å²) in [6.07, 6.45) is -1.44. The van der Waals surface area contributed by atoms with Crippen molar-refractivity contribution in [1.29, 1.82) is 0 Å². The van der Waals surface area contributed by atoms with Crippen molar-refractivity contribution in [2.75, 3.05) is 13.7 Å². The van der Waals surface area contributed by atoms with Crippen LogP contribution >= 0.6 is 0 Å². The SMILES string of the molecule is COc1ccc(S(=O)(=O)N2CC(C)(C)C(=O)N(C(C)C)C2CC(=O)NO)cc1. The Kier molecular flexibility index (Phi) is 6.37. The highest BCUT2D eigenvalue weighted by Gasteiger charge is 2.50. The van der Waals surface area contributed by atoms with Gasteiger partial charge in [0.1, 0.15) is 11.9 Å². The molecule has 2 N–H and O–H groups in total. The van der Waals surface area contributed by atoms with Crippen LogP contribution in [0.25, 0.3) is 0 Å². The van der Waals surface area contributed by atoms with Gasteiger partial charge in [-0.1, -0.05) is 0 Å². The van der Waals surface area contributed by atoms with Crippen LogP contribution in [0.1, 0.15) is 34.1 Å². The van der Waals surface area contributed by atoms with Gasteiger partial charge in [-0.3, -0.25) is 14.8 Å². The molecule has 1 saturated heterocycles. The third-order valence-electron chi connectivity index (χ3n) is 4.73. The number of benzene rings is 1. The highest BCUT2D eigenvalue weighted by atomic mass is 32.2. The highest BCUT2D eigenvalue weighted by Crippen LogP contribution is 2.36. The molecule has 9 nitrogen and oxygen atoms in total. The van der Waals surface area contributed by atoms with E-state index in [4.69, 9.17) is 9.94 Å². The molecule has 0 bridgehead atoms. The van der Waals surface area contributed by atoms with Crippen molar-refractivity contribution in [1.82, 2.24) is 14.7 Å². The number of amides is 2. The Labute approximate surface area is 165 Å². The molecular weight excluding hydrogens is 386 g/mol. The lowest BCUT2D eigenvalue weighted by atomic mass is 9.87. The van der Waals surface area contributed by atoms with E-state index in [1.165, 1.54) is 41.8 Å². The zero-order chi connectivity index (χ0) is 21.3. The summed E-state index contributed by atoms with van der Waals surface area (Å²) in [6, 6.07) is 5.55. The molecule has 0 saturated carbocycles. The van der Waals surface area contributed by atoms with Gasteiger partial charge in [0.25, 0.3) is 0 Å².